The van der Waals surface area contributed by atoms with E-state index in [1.54, 1.807) is 4.68 Å². The molecule has 2 amide bonds. The minimum Gasteiger partial charge on any atom is -0.475 e. The third kappa shape index (κ3) is 3.75. The van der Waals surface area contributed by atoms with E-state index in [0.29, 0.717) is 13.2 Å². The van der Waals surface area contributed by atoms with Crippen LogP contribution < -0.4 is 14.8 Å². The highest BCUT2D eigenvalue weighted by Gasteiger charge is 2.31. The first-order valence-electron chi connectivity index (χ1n) is 11.2. The molecule has 0 saturated carbocycles. The molecule has 10 heteroatoms. The maximum atomic E-state index is 13.0. The molecular weight excluding hydrogens is 430 g/mol. The van der Waals surface area contributed by atoms with Crippen LogP contribution in [0.2, 0.25) is 0 Å². The topological polar surface area (TPSA) is 106 Å². The number of urea groups is 1. The van der Waals surface area contributed by atoms with Crippen LogP contribution >= 0.6 is 0 Å². The standard InChI is InChI=1S/C22H29N5O4S/c1-26(2)16-9-10-27-21(31-13-16)19(12-23-27)32(29,30)25-22(28)24-20-17-7-3-5-14(17)11-15-6-4-8-18(15)20/h11-12,16H,3-10,13H2,1-2H3,(H2,24,25,28). The van der Waals surface area contributed by atoms with Crippen molar-refractivity contribution in [2.75, 3.05) is 26.0 Å². The quantitative estimate of drug-likeness (QED) is 0.725. The summed E-state index contributed by atoms with van der Waals surface area (Å²) in [7, 11) is -0.222. The molecular formula is C22H29N5O4S. The first-order valence-corrected chi connectivity index (χ1v) is 12.7. The van der Waals surface area contributed by atoms with Crippen LogP contribution in [-0.2, 0) is 42.3 Å². The number of likely N-dealkylation sites (N-methyl/N-ethyl adjacent to an activating group) is 1. The number of hydrogen-bond acceptors (Lipinski definition) is 6. The van der Waals surface area contributed by atoms with E-state index in [1.807, 2.05) is 19.0 Å². The number of hydrogen-bond donors (Lipinski definition) is 2. The van der Waals surface area contributed by atoms with Crippen LogP contribution in [0.15, 0.2) is 17.2 Å². The van der Waals surface area contributed by atoms with Crippen molar-refractivity contribution in [3.63, 3.8) is 0 Å². The summed E-state index contributed by atoms with van der Waals surface area (Å²) >= 11 is 0. The number of carbonyl (C=O) groups excluding carboxylic acids is 1. The molecule has 0 fully saturated rings. The minimum atomic E-state index is -4.14. The van der Waals surface area contributed by atoms with Crippen LogP contribution in [0.3, 0.4) is 0 Å². The number of amides is 2. The predicted octanol–water partition coefficient (Wildman–Crippen LogP) is 2.08. The van der Waals surface area contributed by atoms with E-state index in [2.05, 4.69) is 21.2 Å². The molecule has 3 aliphatic rings. The molecule has 5 rings (SSSR count). The molecule has 0 radical (unpaired) electrons. The summed E-state index contributed by atoms with van der Waals surface area (Å²) in [6.45, 7) is 0.901. The lowest BCUT2D eigenvalue weighted by Gasteiger charge is -2.21. The van der Waals surface area contributed by atoms with E-state index in [-0.39, 0.29) is 16.8 Å². The Balaban J connectivity index is 1.36. The van der Waals surface area contributed by atoms with Crippen molar-refractivity contribution in [1.82, 2.24) is 19.4 Å². The van der Waals surface area contributed by atoms with Crippen LogP contribution in [0.5, 0.6) is 5.88 Å². The molecule has 1 aromatic carbocycles. The van der Waals surface area contributed by atoms with Gasteiger partial charge in [0.1, 0.15) is 6.61 Å². The minimum absolute atomic E-state index is 0.115. The molecule has 32 heavy (non-hydrogen) atoms. The van der Waals surface area contributed by atoms with Crippen LogP contribution in [0.4, 0.5) is 10.5 Å². The number of nitrogens with zero attached hydrogens (tertiary/aromatic N) is 3. The molecule has 2 aromatic rings. The highest BCUT2D eigenvalue weighted by atomic mass is 32.2. The Hall–Kier alpha value is -2.59. The number of nitrogens with one attached hydrogen (secondary N) is 2. The van der Waals surface area contributed by atoms with Gasteiger partial charge < -0.3 is 15.0 Å². The Morgan fingerprint density at radius 1 is 1.16 bits per heavy atom. The third-order valence-electron chi connectivity index (χ3n) is 6.80. The van der Waals surface area contributed by atoms with Crippen molar-refractivity contribution in [3.05, 3.63) is 34.5 Å². The van der Waals surface area contributed by atoms with Gasteiger partial charge in [-0.2, -0.15) is 5.10 Å². The van der Waals surface area contributed by atoms with Gasteiger partial charge in [-0.1, -0.05) is 6.07 Å². The number of rotatable bonds is 4. The Bertz CT molecular complexity index is 1140. The van der Waals surface area contributed by atoms with E-state index in [9.17, 15) is 13.2 Å². The van der Waals surface area contributed by atoms with Crippen LogP contribution in [-0.4, -0.2) is 55.9 Å². The fourth-order valence-electron chi connectivity index (χ4n) is 5.07. The number of ether oxygens (including phenoxy) is 1. The highest BCUT2D eigenvalue weighted by Crippen LogP contribution is 2.38. The van der Waals surface area contributed by atoms with E-state index in [1.165, 1.54) is 17.3 Å². The van der Waals surface area contributed by atoms with Gasteiger partial charge in [0.05, 0.1) is 6.20 Å². The molecule has 0 spiro atoms. The van der Waals surface area contributed by atoms with Gasteiger partial charge in [-0.05, 0) is 81.3 Å². The summed E-state index contributed by atoms with van der Waals surface area (Å²) in [6.07, 6.45) is 7.97. The van der Waals surface area contributed by atoms with E-state index in [0.717, 1.165) is 61.8 Å². The summed E-state index contributed by atoms with van der Waals surface area (Å²) in [5.41, 5.74) is 5.65. The lowest BCUT2D eigenvalue weighted by atomic mass is 9.99. The van der Waals surface area contributed by atoms with Crippen molar-refractivity contribution in [2.24, 2.45) is 0 Å². The molecule has 1 aliphatic heterocycles. The Morgan fingerprint density at radius 2 is 1.84 bits per heavy atom. The number of sulfonamides is 1. The van der Waals surface area contributed by atoms with Gasteiger partial charge in [-0.25, -0.2) is 22.6 Å². The van der Waals surface area contributed by atoms with Gasteiger partial charge in [-0.3, -0.25) is 0 Å². The van der Waals surface area contributed by atoms with E-state index >= 15 is 0 Å². The zero-order valence-electron chi connectivity index (χ0n) is 18.5. The first kappa shape index (κ1) is 21.3. The molecule has 172 valence electrons. The van der Waals surface area contributed by atoms with Crippen LogP contribution in [0.1, 0.15) is 41.5 Å². The summed E-state index contributed by atoms with van der Waals surface area (Å²) < 4.78 is 35.6. The molecule has 1 aromatic heterocycles. The highest BCUT2D eigenvalue weighted by molar-refractivity contribution is 7.90. The van der Waals surface area contributed by atoms with Crippen molar-refractivity contribution in [1.29, 1.82) is 0 Å². The van der Waals surface area contributed by atoms with Crippen molar-refractivity contribution >= 4 is 21.7 Å². The second-order valence-corrected chi connectivity index (χ2v) is 10.7. The number of benzene rings is 1. The van der Waals surface area contributed by atoms with Crippen LogP contribution in [0.25, 0.3) is 0 Å². The average molecular weight is 460 g/mol. The lowest BCUT2D eigenvalue weighted by molar-refractivity contribution is 0.184. The largest absolute Gasteiger partial charge is 0.475 e. The fraction of sp³-hybridized carbons (Fsp3) is 0.545. The number of carbonyl (C=O) groups is 1. The molecule has 2 aliphatic carbocycles. The Morgan fingerprint density at radius 3 is 2.50 bits per heavy atom. The lowest BCUT2D eigenvalue weighted by Crippen LogP contribution is -2.35. The van der Waals surface area contributed by atoms with Gasteiger partial charge in [-0.15, -0.1) is 0 Å². The van der Waals surface area contributed by atoms with Crippen molar-refractivity contribution < 1.29 is 17.9 Å². The zero-order chi connectivity index (χ0) is 22.5. The fourth-order valence-corrected chi connectivity index (χ4v) is 6.05. The van der Waals surface area contributed by atoms with Gasteiger partial charge >= 0.3 is 6.03 Å². The van der Waals surface area contributed by atoms with Gasteiger partial charge in [0, 0.05) is 18.3 Å². The number of aryl methyl sites for hydroxylation is 3. The molecule has 1 atom stereocenters. The van der Waals surface area contributed by atoms with Crippen LogP contribution in [0, 0.1) is 0 Å². The number of fused-ring (bicyclic) bond motifs is 3. The SMILES string of the molecule is CN(C)C1CCn2ncc(S(=O)(=O)NC(=O)Nc3c4c(cc5c3CCC5)CCC4)c2OC1. The molecule has 0 saturated heterocycles. The van der Waals surface area contributed by atoms with E-state index < -0.39 is 16.1 Å². The van der Waals surface area contributed by atoms with Gasteiger partial charge in [0.25, 0.3) is 10.0 Å². The molecule has 2 heterocycles. The van der Waals surface area contributed by atoms with E-state index in [4.69, 9.17) is 4.74 Å². The van der Waals surface area contributed by atoms with Gasteiger partial charge in [0.15, 0.2) is 4.90 Å². The Labute approximate surface area is 188 Å². The average Bonchev–Trinajstić information content (AvgIpc) is 3.44. The smallest absolute Gasteiger partial charge is 0.333 e. The van der Waals surface area contributed by atoms with Gasteiger partial charge in [0.2, 0.25) is 5.88 Å². The summed E-state index contributed by atoms with van der Waals surface area (Å²) in [6, 6.07) is 1.68. The van der Waals surface area contributed by atoms with Crippen molar-refractivity contribution in [3.8, 4) is 5.88 Å². The zero-order valence-corrected chi connectivity index (χ0v) is 19.3. The Kier molecular flexibility index (Phi) is 5.37. The third-order valence-corrected chi connectivity index (χ3v) is 8.12. The number of aromatic nitrogens is 2. The second-order valence-electron chi connectivity index (χ2n) is 9.05. The summed E-state index contributed by atoms with van der Waals surface area (Å²) in [4.78, 5) is 14.8. The first-order chi connectivity index (χ1) is 15.3. The molecule has 1 unspecified atom stereocenters. The second kappa shape index (κ2) is 8.08. The normalized spacial score (nSPS) is 19.7. The summed E-state index contributed by atoms with van der Waals surface area (Å²) in [5.74, 6) is 0.177. The van der Waals surface area contributed by atoms with Crippen molar-refractivity contribution in [2.45, 2.75) is 62.4 Å². The number of anilines is 1. The maximum absolute atomic E-state index is 13.0. The molecule has 9 nitrogen and oxygen atoms in total. The molecule has 2 N–H and O–H groups in total. The predicted molar refractivity (Wildman–Crippen MR) is 120 cm³/mol. The molecule has 0 bridgehead atoms. The monoisotopic (exact) mass is 459 g/mol. The maximum Gasteiger partial charge on any atom is 0.333 e. The summed E-state index contributed by atoms with van der Waals surface area (Å²) in [5, 5.41) is 7.06.